The highest BCUT2D eigenvalue weighted by molar-refractivity contribution is 7.33. The molecule has 0 saturated heterocycles. The van der Waals surface area contributed by atoms with E-state index in [4.69, 9.17) is 22.2 Å². The first-order valence-corrected chi connectivity index (χ1v) is 6.78. The first-order chi connectivity index (χ1) is 4.27. The lowest BCUT2D eigenvalue weighted by Crippen LogP contribution is -1.90. The number of unbranched alkanes of at least 4 members (excludes halogenated alkanes) is 2. The van der Waals surface area contributed by atoms with E-state index >= 15 is 0 Å². The summed E-state index contributed by atoms with van der Waals surface area (Å²) in [4.78, 5) is 0. The largest absolute Gasteiger partial charge is 0.273 e. The molecule has 0 aromatic heterocycles. The second kappa shape index (κ2) is 6.65. The third kappa shape index (κ3) is 8.54. The Hall–Kier alpha value is 0.537. The molecule has 0 aliphatic rings. The van der Waals surface area contributed by atoms with Crippen molar-refractivity contribution >= 4 is 29.6 Å². The maximum absolute atomic E-state index is 5.60. The predicted molar refractivity (Wildman–Crippen MR) is 46.3 cm³/mol. The monoisotopic (exact) mass is 181 g/mol. The van der Waals surface area contributed by atoms with Crippen LogP contribution in [0, 0.1) is 0 Å². The van der Waals surface area contributed by atoms with E-state index in [0.29, 0.717) is 0 Å². The van der Waals surface area contributed by atoms with Gasteiger partial charge in [0.25, 0.3) is 7.42 Å². The van der Waals surface area contributed by atoms with Crippen LogP contribution in [0.15, 0.2) is 12.7 Å². The number of hydrogen-bond donors (Lipinski definition) is 0. The van der Waals surface area contributed by atoms with E-state index in [0.717, 1.165) is 18.9 Å². The summed E-state index contributed by atoms with van der Waals surface area (Å²) in [6.07, 6.45) is 5.34. The van der Waals surface area contributed by atoms with Gasteiger partial charge in [-0.3, -0.25) is 0 Å². The Balaban J connectivity index is 2.82. The van der Waals surface area contributed by atoms with Crippen molar-refractivity contribution in [2.24, 2.45) is 0 Å². The molecule has 0 atom stereocenters. The molecule has 0 nitrogen and oxygen atoms in total. The van der Waals surface area contributed by atoms with Crippen LogP contribution >= 0.6 is 22.2 Å². The molecule has 0 rings (SSSR count). The lowest BCUT2D eigenvalue weighted by atomic mass is 10.2. The van der Waals surface area contributed by atoms with Gasteiger partial charge in [0.05, 0.1) is 0 Å². The molecule has 0 heterocycles. The van der Waals surface area contributed by atoms with E-state index < -0.39 is 7.42 Å². The van der Waals surface area contributed by atoms with Crippen LogP contribution in [0.25, 0.3) is 0 Å². The Kier molecular flexibility index (Phi) is 7.05. The quantitative estimate of drug-likeness (QED) is 0.265. The van der Waals surface area contributed by atoms with Gasteiger partial charge in [-0.15, -0.1) is 28.7 Å². The van der Waals surface area contributed by atoms with Crippen LogP contribution in [-0.4, -0.2) is 7.42 Å². The molecule has 0 fully saturated rings. The maximum atomic E-state index is 5.60. The molecule has 1 radical (unpaired) electrons. The van der Waals surface area contributed by atoms with Gasteiger partial charge in [0.15, 0.2) is 0 Å². The number of hydrogen-bond acceptors (Lipinski definition) is 0. The summed E-state index contributed by atoms with van der Waals surface area (Å²) in [5, 5.41) is 0. The van der Waals surface area contributed by atoms with E-state index in [2.05, 4.69) is 6.58 Å². The van der Waals surface area contributed by atoms with E-state index in [1.54, 1.807) is 0 Å². The van der Waals surface area contributed by atoms with Crippen LogP contribution in [0.2, 0.25) is 6.04 Å². The fourth-order valence-corrected chi connectivity index (χ4v) is 1.87. The summed E-state index contributed by atoms with van der Waals surface area (Å²) in [6, 6.07) is 1.00. The molecule has 0 aliphatic heterocycles. The van der Waals surface area contributed by atoms with Gasteiger partial charge < -0.3 is 0 Å². The Morgan fingerprint density at radius 2 is 2.00 bits per heavy atom. The van der Waals surface area contributed by atoms with Gasteiger partial charge >= 0.3 is 0 Å². The summed E-state index contributed by atoms with van der Waals surface area (Å²) < 4.78 is 0. The highest BCUT2D eigenvalue weighted by Crippen LogP contribution is 2.09. The maximum Gasteiger partial charge on any atom is 0.273 e. The van der Waals surface area contributed by atoms with Crippen molar-refractivity contribution < 1.29 is 0 Å². The normalized spacial score (nSPS) is 10.1. The Morgan fingerprint density at radius 3 is 2.44 bits per heavy atom. The molecule has 0 amide bonds. The van der Waals surface area contributed by atoms with Crippen LogP contribution in [-0.2, 0) is 0 Å². The average Bonchev–Trinajstić information content (AvgIpc) is 1.80. The lowest BCUT2D eigenvalue weighted by molar-refractivity contribution is 0.813. The molecule has 0 spiro atoms. The minimum Gasteiger partial charge on any atom is -0.147 e. The van der Waals surface area contributed by atoms with Crippen LogP contribution in [0.3, 0.4) is 0 Å². The highest BCUT2D eigenvalue weighted by atomic mass is 35.7. The zero-order chi connectivity index (χ0) is 7.11. The topological polar surface area (TPSA) is 0 Å². The molecule has 9 heavy (non-hydrogen) atoms. The van der Waals surface area contributed by atoms with E-state index in [1.807, 2.05) is 6.08 Å². The van der Waals surface area contributed by atoms with Crippen molar-refractivity contribution in [1.82, 2.24) is 0 Å². The minimum absolute atomic E-state index is 1.00. The second-order valence-electron chi connectivity index (χ2n) is 1.87. The molecule has 53 valence electrons. The van der Waals surface area contributed by atoms with Crippen LogP contribution in [0.1, 0.15) is 19.3 Å². The first-order valence-electron chi connectivity index (χ1n) is 3.05. The lowest BCUT2D eigenvalue weighted by Gasteiger charge is -1.94. The van der Waals surface area contributed by atoms with Gasteiger partial charge in [0, 0.05) is 0 Å². The second-order valence-corrected chi connectivity index (χ2v) is 6.37. The zero-order valence-electron chi connectivity index (χ0n) is 5.37. The van der Waals surface area contributed by atoms with Gasteiger partial charge in [0.2, 0.25) is 0 Å². The highest BCUT2D eigenvalue weighted by Gasteiger charge is 2.00. The van der Waals surface area contributed by atoms with Gasteiger partial charge in [-0.2, -0.15) is 0 Å². The molecular formula is C6H11Cl2Si. The minimum atomic E-state index is -1.00. The van der Waals surface area contributed by atoms with Crippen molar-refractivity contribution in [3.8, 4) is 0 Å². The van der Waals surface area contributed by atoms with Crippen LogP contribution < -0.4 is 0 Å². The van der Waals surface area contributed by atoms with Gasteiger partial charge in [-0.1, -0.05) is 18.9 Å². The van der Waals surface area contributed by atoms with Crippen molar-refractivity contribution in [3.05, 3.63) is 12.7 Å². The summed E-state index contributed by atoms with van der Waals surface area (Å²) in [7, 11) is -1.00. The standard InChI is InChI=1S/C6H11Cl2Si/c1-2-3-4-5-6-9(7)8/h2H,1,3-6H2. The van der Waals surface area contributed by atoms with Gasteiger partial charge in [0.1, 0.15) is 0 Å². The number of rotatable bonds is 5. The molecule has 3 heteroatoms. The van der Waals surface area contributed by atoms with Crippen molar-refractivity contribution in [2.45, 2.75) is 25.3 Å². The third-order valence-corrected chi connectivity index (χ3v) is 2.89. The van der Waals surface area contributed by atoms with Crippen LogP contribution in [0.5, 0.6) is 0 Å². The molecule has 0 N–H and O–H groups in total. The zero-order valence-corrected chi connectivity index (χ0v) is 7.88. The SMILES string of the molecule is C=CCCCC[Si](Cl)Cl. The van der Waals surface area contributed by atoms with Crippen molar-refractivity contribution in [3.63, 3.8) is 0 Å². The predicted octanol–water partition coefficient (Wildman–Crippen LogP) is 3.31. The molecule has 0 unspecified atom stereocenters. The van der Waals surface area contributed by atoms with Gasteiger partial charge in [-0.25, -0.2) is 0 Å². The van der Waals surface area contributed by atoms with Gasteiger partial charge in [-0.05, 0) is 12.5 Å². The summed E-state index contributed by atoms with van der Waals surface area (Å²) >= 11 is 11.2. The molecule has 0 aliphatic carbocycles. The van der Waals surface area contributed by atoms with E-state index in [1.165, 1.54) is 6.42 Å². The smallest absolute Gasteiger partial charge is 0.147 e. The molecular weight excluding hydrogens is 171 g/mol. The molecule has 0 saturated carbocycles. The number of allylic oxidation sites excluding steroid dienone is 1. The average molecular weight is 182 g/mol. The molecule has 0 bridgehead atoms. The summed E-state index contributed by atoms with van der Waals surface area (Å²) in [5.74, 6) is 0. The first kappa shape index (κ1) is 9.54. The summed E-state index contributed by atoms with van der Waals surface area (Å²) in [6.45, 7) is 3.62. The van der Waals surface area contributed by atoms with Crippen LogP contribution in [0.4, 0.5) is 0 Å². The summed E-state index contributed by atoms with van der Waals surface area (Å²) in [5.41, 5.74) is 0. The Bertz CT molecular complexity index is 73.5. The Labute approximate surface area is 67.9 Å². The Morgan fingerprint density at radius 1 is 1.33 bits per heavy atom. The van der Waals surface area contributed by atoms with E-state index in [-0.39, 0.29) is 0 Å². The molecule has 0 aromatic rings. The fraction of sp³-hybridized carbons (Fsp3) is 0.667. The van der Waals surface area contributed by atoms with E-state index in [9.17, 15) is 0 Å². The molecule has 0 aromatic carbocycles. The fourth-order valence-electron chi connectivity index (χ4n) is 0.547. The third-order valence-electron chi connectivity index (χ3n) is 1.02. The number of halogens is 2. The van der Waals surface area contributed by atoms with Crippen molar-refractivity contribution in [1.29, 1.82) is 0 Å². The van der Waals surface area contributed by atoms with Crippen molar-refractivity contribution in [2.75, 3.05) is 0 Å².